The van der Waals surface area contributed by atoms with Crippen LogP contribution in [0.3, 0.4) is 0 Å². The summed E-state index contributed by atoms with van der Waals surface area (Å²) in [4.78, 5) is 2.40. The summed E-state index contributed by atoms with van der Waals surface area (Å²) in [7, 11) is 0. The van der Waals surface area contributed by atoms with Crippen LogP contribution in [-0.2, 0) is 0 Å². The minimum atomic E-state index is 0.318. The van der Waals surface area contributed by atoms with Gasteiger partial charge in [-0.25, -0.2) is 0 Å². The lowest BCUT2D eigenvalue weighted by Crippen LogP contribution is -2.47. The number of nitrogens with one attached hydrogen (secondary N) is 1. The number of piperazine rings is 1. The highest BCUT2D eigenvalue weighted by molar-refractivity contribution is 4.70. The molecule has 60 valence electrons. The van der Waals surface area contributed by atoms with Crippen LogP contribution in [0.15, 0.2) is 0 Å². The molecule has 3 heteroatoms. The van der Waals surface area contributed by atoms with E-state index in [0.717, 1.165) is 32.7 Å². The van der Waals surface area contributed by atoms with Crippen molar-refractivity contribution < 1.29 is 0 Å². The predicted molar refractivity (Wildman–Crippen MR) is 43.0 cm³/mol. The van der Waals surface area contributed by atoms with E-state index in [0.29, 0.717) is 6.04 Å². The van der Waals surface area contributed by atoms with Gasteiger partial charge in [0.1, 0.15) is 0 Å². The van der Waals surface area contributed by atoms with Crippen molar-refractivity contribution in [2.24, 2.45) is 5.73 Å². The van der Waals surface area contributed by atoms with Gasteiger partial charge in [0.15, 0.2) is 0 Å². The minimum absolute atomic E-state index is 0.318. The molecular formula is C7H17N3. The van der Waals surface area contributed by atoms with E-state index in [1.165, 1.54) is 0 Å². The van der Waals surface area contributed by atoms with Gasteiger partial charge >= 0.3 is 0 Å². The first-order valence-corrected chi connectivity index (χ1v) is 3.97. The van der Waals surface area contributed by atoms with Gasteiger partial charge in [0.25, 0.3) is 0 Å². The molecule has 0 aromatic heterocycles. The largest absolute Gasteiger partial charge is 0.327 e. The number of rotatable bonds is 2. The molecule has 0 amide bonds. The average Bonchev–Trinajstić information content (AvgIpc) is 1.88. The van der Waals surface area contributed by atoms with Crippen molar-refractivity contribution in [1.82, 2.24) is 10.2 Å². The van der Waals surface area contributed by atoms with Gasteiger partial charge in [-0.3, -0.25) is 4.90 Å². The Hall–Kier alpha value is -0.120. The summed E-state index contributed by atoms with van der Waals surface area (Å²) in [5, 5.41) is 3.31. The lowest BCUT2D eigenvalue weighted by Gasteiger charge is -2.28. The minimum Gasteiger partial charge on any atom is -0.327 e. The molecule has 1 aliphatic rings. The van der Waals surface area contributed by atoms with E-state index in [1.807, 2.05) is 0 Å². The second-order valence-electron chi connectivity index (χ2n) is 3.03. The quantitative estimate of drug-likeness (QED) is 0.534. The van der Waals surface area contributed by atoms with Crippen LogP contribution in [0, 0.1) is 0 Å². The molecule has 1 atom stereocenters. The van der Waals surface area contributed by atoms with Gasteiger partial charge in [0.2, 0.25) is 0 Å². The topological polar surface area (TPSA) is 41.3 Å². The van der Waals surface area contributed by atoms with E-state index in [2.05, 4.69) is 17.1 Å². The average molecular weight is 143 g/mol. The number of hydrogen-bond donors (Lipinski definition) is 2. The molecule has 10 heavy (non-hydrogen) atoms. The van der Waals surface area contributed by atoms with Crippen molar-refractivity contribution >= 4 is 0 Å². The molecule has 0 radical (unpaired) electrons. The molecule has 1 aliphatic heterocycles. The first-order valence-electron chi connectivity index (χ1n) is 3.97. The van der Waals surface area contributed by atoms with Crippen LogP contribution in [-0.4, -0.2) is 43.7 Å². The zero-order chi connectivity index (χ0) is 7.40. The summed E-state index contributed by atoms with van der Waals surface area (Å²) < 4.78 is 0. The maximum atomic E-state index is 5.66. The van der Waals surface area contributed by atoms with Crippen LogP contribution in [0.1, 0.15) is 6.92 Å². The molecule has 0 bridgehead atoms. The maximum Gasteiger partial charge on any atom is 0.0139 e. The lowest BCUT2D eigenvalue weighted by molar-refractivity contribution is 0.231. The molecule has 1 heterocycles. The van der Waals surface area contributed by atoms with Crippen LogP contribution >= 0.6 is 0 Å². The first-order chi connectivity index (χ1) is 4.79. The Morgan fingerprint density at radius 1 is 1.50 bits per heavy atom. The van der Waals surface area contributed by atoms with Gasteiger partial charge in [-0.1, -0.05) is 0 Å². The van der Waals surface area contributed by atoms with Crippen molar-refractivity contribution in [3.8, 4) is 0 Å². The summed E-state index contributed by atoms with van der Waals surface area (Å²) in [6, 6.07) is 0.318. The third-order valence-corrected chi connectivity index (χ3v) is 1.76. The Balaban J connectivity index is 2.13. The maximum absolute atomic E-state index is 5.66. The van der Waals surface area contributed by atoms with Crippen LogP contribution in [0.25, 0.3) is 0 Å². The molecular weight excluding hydrogens is 126 g/mol. The molecule has 1 unspecified atom stereocenters. The van der Waals surface area contributed by atoms with Gasteiger partial charge in [-0.05, 0) is 6.92 Å². The molecule has 1 saturated heterocycles. The van der Waals surface area contributed by atoms with Gasteiger partial charge in [-0.2, -0.15) is 0 Å². The Bertz CT molecular complexity index is 86.9. The van der Waals surface area contributed by atoms with E-state index in [9.17, 15) is 0 Å². The van der Waals surface area contributed by atoms with Gasteiger partial charge in [-0.15, -0.1) is 0 Å². The standard InChI is InChI=1S/C7H17N3/c1-7(8)6-10-4-2-9-3-5-10/h7,9H,2-6,8H2,1H3. The summed E-state index contributed by atoms with van der Waals surface area (Å²) in [5.74, 6) is 0. The van der Waals surface area contributed by atoms with Gasteiger partial charge in [0, 0.05) is 38.8 Å². The molecule has 3 N–H and O–H groups in total. The van der Waals surface area contributed by atoms with E-state index in [-0.39, 0.29) is 0 Å². The third kappa shape index (κ3) is 2.64. The normalized spacial score (nSPS) is 24.6. The molecule has 0 aromatic carbocycles. The van der Waals surface area contributed by atoms with Crippen molar-refractivity contribution in [3.63, 3.8) is 0 Å². The third-order valence-electron chi connectivity index (χ3n) is 1.76. The Morgan fingerprint density at radius 3 is 2.60 bits per heavy atom. The van der Waals surface area contributed by atoms with Crippen LogP contribution in [0.2, 0.25) is 0 Å². The van der Waals surface area contributed by atoms with Crippen molar-refractivity contribution in [1.29, 1.82) is 0 Å². The highest BCUT2D eigenvalue weighted by Gasteiger charge is 2.09. The Kier molecular flexibility index (Phi) is 3.12. The number of hydrogen-bond acceptors (Lipinski definition) is 3. The summed E-state index contributed by atoms with van der Waals surface area (Å²) in [6.45, 7) is 7.65. The van der Waals surface area contributed by atoms with Crippen molar-refractivity contribution in [3.05, 3.63) is 0 Å². The van der Waals surface area contributed by atoms with Crippen LogP contribution in [0.4, 0.5) is 0 Å². The smallest absolute Gasteiger partial charge is 0.0139 e. The van der Waals surface area contributed by atoms with E-state index < -0.39 is 0 Å². The molecule has 3 nitrogen and oxygen atoms in total. The van der Waals surface area contributed by atoms with Crippen LogP contribution < -0.4 is 11.1 Å². The van der Waals surface area contributed by atoms with E-state index >= 15 is 0 Å². The summed E-state index contributed by atoms with van der Waals surface area (Å²) >= 11 is 0. The fraction of sp³-hybridized carbons (Fsp3) is 1.00. The van der Waals surface area contributed by atoms with Gasteiger partial charge < -0.3 is 11.1 Å². The molecule has 0 saturated carbocycles. The van der Waals surface area contributed by atoms with Crippen LogP contribution in [0.5, 0.6) is 0 Å². The predicted octanol–water partition coefficient (Wildman–Crippen LogP) is -0.761. The molecule has 0 aromatic rings. The van der Waals surface area contributed by atoms with E-state index in [4.69, 9.17) is 5.73 Å². The SMILES string of the molecule is CC(N)CN1CCNCC1. The summed E-state index contributed by atoms with van der Waals surface area (Å²) in [6.07, 6.45) is 0. The zero-order valence-corrected chi connectivity index (χ0v) is 6.64. The zero-order valence-electron chi connectivity index (χ0n) is 6.64. The number of nitrogens with two attached hydrogens (primary N) is 1. The highest BCUT2D eigenvalue weighted by Crippen LogP contribution is 1.92. The molecule has 0 aliphatic carbocycles. The lowest BCUT2D eigenvalue weighted by atomic mass is 10.3. The van der Waals surface area contributed by atoms with E-state index in [1.54, 1.807) is 0 Å². The molecule has 0 spiro atoms. The Labute approximate surface area is 62.6 Å². The van der Waals surface area contributed by atoms with Crippen molar-refractivity contribution in [2.45, 2.75) is 13.0 Å². The molecule has 1 fully saturated rings. The second-order valence-corrected chi connectivity index (χ2v) is 3.03. The number of nitrogens with zero attached hydrogens (tertiary/aromatic N) is 1. The fourth-order valence-corrected chi connectivity index (χ4v) is 1.30. The van der Waals surface area contributed by atoms with Gasteiger partial charge in [0.05, 0.1) is 0 Å². The Morgan fingerprint density at radius 2 is 2.10 bits per heavy atom. The first kappa shape index (κ1) is 7.98. The highest BCUT2D eigenvalue weighted by atomic mass is 15.2. The molecule has 1 rings (SSSR count). The van der Waals surface area contributed by atoms with Crippen molar-refractivity contribution in [2.75, 3.05) is 32.7 Å². The summed E-state index contributed by atoms with van der Waals surface area (Å²) in [5.41, 5.74) is 5.66. The second kappa shape index (κ2) is 3.91. The monoisotopic (exact) mass is 143 g/mol. The fourth-order valence-electron chi connectivity index (χ4n) is 1.30.